The fourth-order valence-electron chi connectivity index (χ4n) is 4.83. The lowest BCUT2D eigenvalue weighted by atomic mass is 9.94. The van der Waals surface area contributed by atoms with Gasteiger partial charge >= 0.3 is 0 Å². The molecule has 0 aliphatic rings. The first-order chi connectivity index (χ1) is 19.9. The standard InChI is InChI=1S/C20H14O6S2.C12H12N2/c21-27(22,23)19-11-3-7-15-13(5-1-9-17(15)19)14-6-2-10-18-16(14)8-4-12-20(18)28(24,25)26;13-11-5-1-9(2-6-11)10-3-7-12(14)8-4-10/h1-12H,(H,21,22,23)(H,24,25,26);1-8H,13-14H2. The molecule has 0 radical (unpaired) electrons. The molecular formula is C32H26N2O6S2. The summed E-state index contributed by atoms with van der Waals surface area (Å²) in [6.45, 7) is 0. The second-order valence-corrected chi connectivity index (χ2v) is 12.3. The molecule has 6 aromatic carbocycles. The molecule has 0 heterocycles. The molecule has 0 bridgehead atoms. The van der Waals surface area contributed by atoms with Crippen LogP contribution in [0.4, 0.5) is 11.4 Å². The predicted molar refractivity (Wildman–Crippen MR) is 167 cm³/mol. The van der Waals surface area contributed by atoms with E-state index in [2.05, 4.69) is 0 Å². The first-order valence-electron chi connectivity index (χ1n) is 12.6. The van der Waals surface area contributed by atoms with Crippen molar-refractivity contribution in [3.05, 3.63) is 121 Å². The summed E-state index contributed by atoms with van der Waals surface area (Å²) in [7, 11) is -8.82. The van der Waals surface area contributed by atoms with Crippen LogP contribution < -0.4 is 11.5 Å². The van der Waals surface area contributed by atoms with Gasteiger partial charge in [-0.25, -0.2) is 0 Å². The first kappa shape index (κ1) is 28.8. The molecule has 6 aromatic rings. The van der Waals surface area contributed by atoms with Crippen LogP contribution in [-0.2, 0) is 20.2 Å². The molecule has 42 heavy (non-hydrogen) atoms. The largest absolute Gasteiger partial charge is 0.399 e. The van der Waals surface area contributed by atoms with Crippen molar-refractivity contribution in [2.24, 2.45) is 0 Å². The molecule has 10 heteroatoms. The van der Waals surface area contributed by atoms with E-state index in [0.717, 1.165) is 22.5 Å². The van der Waals surface area contributed by atoms with E-state index >= 15 is 0 Å². The van der Waals surface area contributed by atoms with Gasteiger partial charge in [-0.05, 0) is 69.4 Å². The molecule has 6 N–H and O–H groups in total. The summed E-state index contributed by atoms with van der Waals surface area (Å²) >= 11 is 0. The third-order valence-electron chi connectivity index (χ3n) is 6.76. The van der Waals surface area contributed by atoms with Crippen LogP contribution in [-0.4, -0.2) is 25.9 Å². The zero-order valence-corrected chi connectivity index (χ0v) is 23.7. The molecule has 6 rings (SSSR count). The van der Waals surface area contributed by atoms with E-state index in [1.807, 2.05) is 48.5 Å². The van der Waals surface area contributed by atoms with Gasteiger partial charge in [-0.2, -0.15) is 16.8 Å². The number of benzene rings is 6. The molecule has 0 aromatic heterocycles. The van der Waals surface area contributed by atoms with Crippen LogP contribution in [0.1, 0.15) is 0 Å². The minimum atomic E-state index is -4.41. The Morgan fingerprint density at radius 1 is 0.405 bits per heavy atom. The van der Waals surface area contributed by atoms with Gasteiger partial charge in [0.1, 0.15) is 9.79 Å². The summed E-state index contributed by atoms with van der Waals surface area (Å²) in [5, 5.41) is 1.88. The lowest BCUT2D eigenvalue weighted by molar-refractivity contribution is 0.482. The summed E-state index contributed by atoms with van der Waals surface area (Å²) in [5.41, 5.74) is 16.4. The maximum Gasteiger partial charge on any atom is 0.295 e. The molecule has 0 saturated carbocycles. The third-order valence-corrected chi connectivity index (χ3v) is 8.59. The maximum absolute atomic E-state index is 11.7. The Hall–Kier alpha value is -4.74. The van der Waals surface area contributed by atoms with E-state index in [4.69, 9.17) is 11.5 Å². The minimum Gasteiger partial charge on any atom is -0.399 e. The Bertz CT molecular complexity index is 1990. The molecular weight excluding hydrogens is 572 g/mol. The smallest absolute Gasteiger partial charge is 0.295 e. The second kappa shape index (κ2) is 11.3. The van der Waals surface area contributed by atoms with Gasteiger partial charge in [0.25, 0.3) is 20.2 Å². The molecule has 0 aliphatic heterocycles. The number of hydrogen-bond donors (Lipinski definition) is 4. The second-order valence-electron chi connectivity index (χ2n) is 9.51. The van der Waals surface area contributed by atoms with E-state index < -0.39 is 20.2 Å². The van der Waals surface area contributed by atoms with Crippen LogP contribution in [0.3, 0.4) is 0 Å². The van der Waals surface area contributed by atoms with E-state index in [1.54, 1.807) is 48.5 Å². The van der Waals surface area contributed by atoms with Gasteiger partial charge < -0.3 is 11.5 Å². The van der Waals surface area contributed by atoms with E-state index in [1.165, 1.54) is 24.3 Å². The minimum absolute atomic E-state index is 0.203. The summed E-state index contributed by atoms with van der Waals surface area (Å²) in [6, 6.07) is 34.8. The lowest BCUT2D eigenvalue weighted by Crippen LogP contribution is -2.00. The van der Waals surface area contributed by atoms with Crippen molar-refractivity contribution in [2.45, 2.75) is 9.79 Å². The van der Waals surface area contributed by atoms with Crippen LogP contribution in [0.5, 0.6) is 0 Å². The highest BCUT2D eigenvalue weighted by molar-refractivity contribution is 7.86. The van der Waals surface area contributed by atoms with Crippen LogP contribution in [0.2, 0.25) is 0 Å². The van der Waals surface area contributed by atoms with Gasteiger partial charge in [-0.15, -0.1) is 0 Å². The van der Waals surface area contributed by atoms with Crippen molar-refractivity contribution < 1.29 is 25.9 Å². The predicted octanol–water partition coefficient (Wildman–Crippen LogP) is 6.67. The molecule has 8 nitrogen and oxygen atoms in total. The number of nitrogen functional groups attached to an aromatic ring is 2. The Morgan fingerprint density at radius 2 is 0.714 bits per heavy atom. The highest BCUT2D eigenvalue weighted by atomic mass is 32.2. The number of rotatable bonds is 4. The molecule has 0 fully saturated rings. The number of nitrogens with two attached hydrogens (primary N) is 2. The summed E-state index contributed by atoms with van der Waals surface area (Å²) in [5.74, 6) is 0. The van der Waals surface area contributed by atoms with Crippen molar-refractivity contribution in [3.8, 4) is 22.3 Å². The van der Waals surface area contributed by atoms with Crippen molar-refractivity contribution in [1.82, 2.24) is 0 Å². The quantitative estimate of drug-likeness (QED) is 0.129. The first-order valence-corrected chi connectivity index (χ1v) is 15.5. The van der Waals surface area contributed by atoms with Crippen LogP contribution in [0, 0.1) is 0 Å². The highest BCUT2D eigenvalue weighted by Gasteiger charge is 2.18. The molecule has 0 spiro atoms. The lowest BCUT2D eigenvalue weighted by Gasteiger charge is -2.13. The van der Waals surface area contributed by atoms with Gasteiger partial charge in [0.15, 0.2) is 0 Å². The fourth-order valence-corrected chi connectivity index (χ4v) is 6.25. The average molecular weight is 599 g/mol. The summed E-state index contributed by atoms with van der Waals surface area (Å²) in [4.78, 5) is -0.406. The van der Waals surface area contributed by atoms with Crippen molar-refractivity contribution in [1.29, 1.82) is 0 Å². The van der Waals surface area contributed by atoms with Gasteiger partial charge in [0.2, 0.25) is 0 Å². The molecule has 0 saturated heterocycles. The Morgan fingerprint density at radius 3 is 1.05 bits per heavy atom. The van der Waals surface area contributed by atoms with Crippen molar-refractivity contribution >= 4 is 53.2 Å². The fraction of sp³-hybridized carbons (Fsp3) is 0. The van der Waals surface area contributed by atoms with Crippen LogP contribution >= 0.6 is 0 Å². The number of hydrogen-bond acceptors (Lipinski definition) is 6. The van der Waals surface area contributed by atoms with Gasteiger partial charge in [0.05, 0.1) is 0 Å². The SMILES string of the molecule is Nc1ccc(-c2ccc(N)cc2)cc1.O=S(=O)(O)c1cccc2c(-c3cccc4c(S(=O)(=O)O)cccc34)cccc12. The summed E-state index contributed by atoms with van der Waals surface area (Å²) < 4.78 is 65.9. The van der Waals surface area contributed by atoms with Crippen LogP contribution in [0.15, 0.2) is 131 Å². The molecule has 0 atom stereocenters. The zero-order valence-electron chi connectivity index (χ0n) is 22.0. The molecule has 212 valence electrons. The normalized spacial score (nSPS) is 11.7. The van der Waals surface area contributed by atoms with Crippen molar-refractivity contribution in [3.63, 3.8) is 0 Å². The molecule has 0 amide bonds. The average Bonchev–Trinajstić information content (AvgIpc) is 2.96. The maximum atomic E-state index is 11.7. The topological polar surface area (TPSA) is 161 Å². The Labute approximate surface area is 243 Å². The monoisotopic (exact) mass is 598 g/mol. The number of anilines is 2. The van der Waals surface area contributed by atoms with Gasteiger partial charge in [-0.1, -0.05) is 84.9 Å². The van der Waals surface area contributed by atoms with Crippen molar-refractivity contribution in [2.75, 3.05) is 11.5 Å². The number of fused-ring (bicyclic) bond motifs is 2. The Balaban J connectivity index is 0.000000211. The van der Waals surface area contributed by atoms with E-state index in [-0.39, 0.29) is 9.79 Å². The molecule has 0 aliphatic carbocycles. The highest BCUT2D eigenvalue weighted by Crippen LogP contribution is 2.37. The zero-order chi connectivity index (χ0) is 30.1. The van der Waals surface area contributed by atoms with Gasteiger partial charge in [-0.3, -0.25) is 9.11 Å². The van der Waals surface area contributed by atoms with Gasteiger partial charge in [0, 0.05) is 22.1 Å². The molecule has 0 unspecified atom stereocenters. The van der Waals surface area contributed by atoms with Crippen LogP contribution in [0.25, 0.3) is 43.8 Å². The summed E-state index contributed by atoms with van der Waals surface area (Å²) in [6.07, 6.45) is 0. The van der Waals surface area contributed by atoms with E-state index in [0.29, 0.717) is 32.7 Å². The van der Waals surface area contributed by atoms with E-state index in [9.17, 15) is 25.9 Å². The third kappa shape index (κ3) is 5.97. The Kier molecular flexibility index (Phi) is 7.72.